The molecule has 0 saturated carbocycles. The Bertz CT molecular complexity index is 886. The van der Waals surface area contributed by atoms with Crippen molar-refractivity contribution in [2.75, 3.05) is 11.9 Å². The minimum Gasteiger partial charge on any atom is -0.326 e. The van der Waals surface area contributed by atoms with Crippen molar-refractivity contribution in [2.45, 2.75) is 25.5 Å². The number of aliphatic imine (C=N–C) groups is 1. The van der Waals surface area contributed by atoms with E-state index >= 15 is 0 Å². The Kier molecular flexibility index (Phi) is 6.19. The summed E-state index contributed by atoms with van der Waals surface area (Å²) in [5, 5.41) is 3.58. The van der Waals surface area contributed by atoms with Gasteiger partial charge in [-0.1, -0.05) is 47.6 Å². The molecule has 2 aromatic rings. The van der Waals surface area contributed by atoms with Crippen LogP contribution in [0.3, 0.4) is 0 Å². The first-order valence-corrected chi connectivity index (χ1v) is 9.92. The Hall–Kier alpha value is -2.31. The van der Waals surface area contributed by atoms with E-state index in [2.05, 4.69) is 10.3 Å². The van der Waals surface area contributed by atoms with Crippen LogP contribution in [0.4, 0.5) is 11.4 Å². The highest BCUT2D eigenvalue weighted by Gasteiger charge is 2.38. The second kappa shape index (κ2) is 8.59. The van der Waals surface area contributed by atoms with Gasteiger partial charge in [-0.3, -0.25) is 14.5 Å². The molecule has 3 rings (SSSR count). The van der Waals surface area contributed by atoms with E-state index in [4.69, 9.17) is 11.6 Å². The van der Waals surface area contributed by atoms with Crippen LogP contribution in [0, 0.1) is 6.92 Å². The molecule has 1 aliphatic rings. The Balaban J connectivity index is 1.75. The summed E-state index contributed by atoms with van der Waals surface area (Å²) in [6.45, 7) is 4.29. The number of amides is 2. The molecule has 1 N–H and O–H groups in total. The standard InChI is InChI=1S/C20H20ClN3O2S/c1-3-24-19(26)17(12-18(25)22-14-8-5-4-6-9-14)27-20(24)23-16-11-7-10-15(21)13(16)2/h4-11,17H,3,12H2,1-2H3,(H,22,25). The van der Waals surface area contributed by atoms with E-state index in [1.165, 1.54) is 11.8 Å². The van der Waals surface area contributed by atoms with Crippen molar-refractivity contribution in [1.29, 1.82) is 0 Å². The fraction of sp³-hybridized carbons (Fsp3) is 0.250. The molecule has 0 aromatic heterocycles. The second-order valence-corrected chi connectivity index (χ2v) is 7.66. The van der Waals surface area contributed by atoms with Gasteiger partial charge in [-0.2, -0.15) is 0 Å². The average Bonchev–Trinajstić information content (AvgIpc) is 2.94. The molecule has 0 spiro atoms. The number of amidine groups is 1. The third-order valence-electron chi connectivity index (χ3n) is 4.22. The normalized spacial score (nSPS) is 18.2. The topological polar surface area (TPSA) is 61.8 Å². The van der Waals surface area contributed by atoms with E-state index in [0.717, 1.165) is 11.3 Å². The zero-order chi connectivity index (χ0) is 19.4. The highest BCUT2D eigenvalue weighted by Crippen LogP contribution is 2.33. The van der Waals surface area contributed by atoms with Crippen molar-refractivity contribution in [2.24, 2.45) is 4.99 Å². The molecule has 2 amide bonds. The average molecular weight is 402 g/mol. The molecule has 140 valence electrons. The molecule has 1 heterocycles. The van der Waals surface area contributed by atoms with Crippen LogP contribution in [0.5, 0.6) is 0 Å². The number of thioether (sulfide) groups is 1. The van der Waals surface area contributed by atoms with E-state index < -0.39 is 5.25 Å². The molecule has 27 heavy (non-hydrogen) atoms. The zero-order valence-corrected chi connectivity index (χ0v) is 16.7. The Morgan fingerprint density at radius 2 is 1.96 bits per heavy atom. The van der Waals surface area contributed by atoms with Gasteiger partial charge in [0, 0.05) is 23.7 Å². The van der Waals surface area contributed by atoms with Gasteiger partial charge in [-0.05, 0) is 43.7 Å². The number of carbonyl (C=O) groups is 2. The summed E-state index contributed by atoms with van der Waals surface area (Å²) >= 11 is 7.49. The molecule has 1 saturated heterocycles. The fourth-order valence-electron chi connectivity index (χ4n) is 2.74. The van der Waals surface area contributed by atoms with Gasteiger partial charge in [0.05, 0.1) is 5.69 Å². The molecule has 1 aliphatic heterocycles. The summed E-state index contributed by atoms with van der Waals surface area (Å²) in [4.78, 5) is 31.3. The first kappa shape index (κ1) is 19.5. The lowest BCUT2D eigenvalue weighted by atomic mass is 10.2. The molecule has 5 nitrogen and oxygen atoms in total. The fourth-order valence-corrected chi connectivity index (χ4v) is 4.12. The maximum atomic E-state index is 12.7. The van der Waals surface area contributed by atoms with Crippen molar-refractivity contribution in [3.05, 3.63) is 59.1 Å². The van der Waals surface area contributed by atoms with E-state index in [1.54, 1.807) is 4.90 Å². The predicted octanol–water partition coefficient (Wildman–Crippen LogP) is 4.63. The third-order valence-corrected chi connectivity index (χ3v) is 5.80. The minimum absolute atomic E-state index is 0.0934. The van der Waals surface area contributed by atoms with Crippen LogP contribution < -0.4 is 5.32 Å². The number of halogens is 1. The highest BCUT2D eigenvalue weighted by molar-refractivity contribution is 8.15. The van der Waals surface area contributed by atoms with E-state index in [-0.39, 0.29) is 18.2 Å². The molecule has 7 heteroatoms. The monoisotopic (exact) mass is 401 g/mol. The van der Waals surface area contributed by atoms with Crippen LogP contribution >= 0.6 is 23.4 Å². The largest absolute Gasteiger partial charge is 0.326 e. The van der Waals surface area contributed by atoms with Crippen LogP contribution in [0.2, 0.25) is 5.02 Å². The molecule has 0 bridgehead atoms. The zero-order valence-electron chi connectivity index (χ0n) is 15.1. The number of carbonyl (C=O) groups excluding carboxylic acids is 2. The number of anilines is 1. The van der Waals surface area contributed by atoms with E-state index in [0.29, 0.717) is 22.4 Å². The maximum Gasteiger partial charge on any atom is 0.242 e. The van der Waals surface area contributed by atoms with Gasteiger partial charge >= 0.3 is 0 Å². The second-order valence-electron chi connectivity index (χ2n) is 6.09. The molecule has 2 aromatic carbocycles. The quantitative estimate of drug-likeness (QED) is 0.794. The summed E-state index contributed by atoms with van der Waals surface area (Å²) in [5.41, 5.74) is 2.31. The molecule has 0 radical (unpaired) electrons. The summed E-state index contributed by atoms with van der Waals surface area (Å²) in [7, 11) is 0. The molecular weight excluding hydrogens is 382 g/mol. The van der Waals surface area contributed by atoms with Gasteiger partial charge in [0.2, 0.25) is 11.8 Å². The van der Waals surface area contributed by atoms with Gasteiger partial charge in [-0.25, -0.2) is 4.99 Å². The van der Waals surface area contributed by atoms with Gasteiger partial charge in [0.25, 0.3) is 0 Å². The van der Waals surface area contributed by atoms with Crippen LogP contribution in [-0.4, -0.2) is 33.7 Å². The smallest absolute Gasteiger partial charge is 0.242 e. The van der Waals surface area contributed by atoms with Crippen LogP contribution in [0.1, 0.15) is 18.9 Å². The predicted molar refractivity (Wildman–Crippen MR) is 112 cm³/mol. The Labute approximate surface area is 167 Å². The SMILES string of the molecule is CCN1C(=O)C(CC(=O)Nc2ccccc2)SC1=Nc1cccc(Cl)c1C. The van der Waals surface area contributed by atoms with Crippen molar-refractivity contribution in [1.82, 2.24) is 4.90 Å². The molecule has 0 aliphatic carbocycles. The summed E-state index contributed by atoms with van der Waals surface area (Å²) in [6, 6.07) is 14.7. The van der Waals surface area contributed by atoms with Gasteiger partial charge in [0.1, 0.15) is 5.25 Å². The lowest BCUT2D eigenvalue weighted by molar-refractivity contribution is -0.128. The minimum atomic E-state index is -0.480. The number of rotatable bonds is 5. The number of para-hydroxylation sites is 1. The summed E-state index contributed by atoms with van der Waals surface area (Å²) in [6.07, 6.45) is 0.0996. The molecule has 1 unspecified atom stereocenters. The summed E-state index contributed by atoms with van der Waals surface area (Å²) < 4.78 is 0. The number of benzene rings is 2. The van der Waals surface area contributed by atoms with Gasteiger partial charge < -0.3 is 5.32 Å². The maximum absolute atomic E-state index is 12.7. The first-order valence-electron chi connectivity index (χ1n) is 8.66. The van der Waals surface area contributed by atoms with Crippen LogP contribution in [0.15, 0.2) is 53.5 Å². The molecule has 1 atom stereocenters. The highest BCUT2D eigenvalue weighted by atomic mass is 35.5. The van der Waals surface area contributed by atoms with Gasteiger partial charge in [0.15, 0.2) is 5.17 Å². The van der Waals surface area contributed by atoms with Crippen LogP contribution in [-0.2, 0) is 9.59 Å². The van der Waals surface area contributed by atoms with Crippen molar-refractivity contribution < 1.29 is 9.59 Å². The summed E-state index contributed by atoms with van der Waals surface area (Å²) in [5.74, 6) is -0.285. The number of hydrogen-bond acceptors (Lipinski definition) is 4. The first-order chi connectivity index (χ1) is 13.0. The van der Waals surface area contributed by atoms with Crippen molar-refractivity contribution in [3.8, 4) is 0 Å². The Morgan fingerprint density at radius 1 is 1.22 bits per heavy atom. The number of nitrogens with zero attached hydrogens (tertiary/aromatic N) is 2. The number of hydrogen-bond donors (Lipinski definition) is 1. The Morgan fingerprint density at radius 3 is 2.67 bits per heavy atom. The molecular formula is C20H20ClN3O2S. The van der Waals surface area contributed by atoms with E-state index in [1.807, 2.05) is 62.4 Å². The van der Waals surface area contributed by atoms with Crippen molar-refractivity contribution >= 4 is 51.7 Å². The molecule has 1 fully saturated rings. The van der Waals surface area contributed by atoms with Crippen LogP contribution in [0.25, 0.3) is 0 Å². The number of nitrogens with one attached hydrogen (secondary N) is 1. The van der Waals surface area contributed by atoms with E-state index in [9.17, 15) is 9.59 Å². The lowest BCUT2D eigenvalue weighted by Crippen LogP contribution is -2.33. The van der Waals surface area contributed by atoms with Crippen molar-refractivity contribution in [3.63, 3.8) is 0 Å². The lowest BCUT2D eigenvalue weighted by Gasteiger charge is -2.14. The van der Waals surface area contributed by atoms with Gasteiger partial charge in [-0.15, -0.1) is 0 Å². The third kappa shape index (κ3) is 4.51.